The Hall–Kier alpha value is -2.13. The summed E-state index contributed by atoms with van der Waals surface area (Å²) in [6.07, 6.45) is 2.12. The molecule has 24 heavy (non-hydrogen) atoms. The van der Waals surface area contributed by atoms with Gasteiger partial charge < -0.3 is 0 Å². The van der Waals surface area contributed by atoms with Gasteiger partial charge in [0.05, 0.1) is 7.11 Å². The molecule has 0 aromatic heterocycles. The van der Waals surface area contributed by atoms with Gasteiger partial charge in [-0.05, 0) is 35.8 Å². The summed E-state index contributed by atoms with van der Waals surface area (Å²) in [6, 6.07) is 21.5. The van der Waals surface area contributed by atoms with Crippen LogP contribution < -0.4 is 0 Å². The highest BCUT2D eigenvalue weighted by Gasteiger charge is 2.66. The summed E-state index contributed by atoms with van der Waals surface area (Å²) in [4.78, 5) is 17.4. The number of amides is 1. The molecule has 0 radical (unpaired) electrons. The predicted octanol–water partition coefficient (Wildman–Crippen LogP) is 3.65. The first kappa shape index (κ1) is 15.4. The van der Waals surface area contributed by atoms with Crippen LogP contribution in [0.5, 0.6) is 0 Å². The average molecular weight is 321 g/mol. The van der Waals surface area contributed by atoms with E-state index in [1.165, 1.54) is 16.2 Å². The molecule has 1 amide bonds. The molecule has 3 atom stereocenters. The van der Waals surface area contributed by atoms with Crippen molar-refractivity contribution in [3.8, 4) is 0 Å². The van der Waals surface area contributed by atoms with Crippen molar-refractivity contribution in [3.63, 3.8) is 0 Å². The van der Waals surface area contributed by atoms with E-state index in [9.17, 15) is 4.79 Å². The van der Waals surface area contributed by atoms with Gasteiger partial charge in [0.15, 0.2) is 0 Å². The zero-order chi connectivity index (χ0) is 16.7. The van der Waals surface area contributed by atoms with Crippen molar-refractivity contribution >= 4 is 5.91 Å². The summed E-state index contributed by atoms with van der Waals surface area (Å²) < 4.78 is 0. The molecule has 2 fully saturated rings. The quantitative estimate of drug-likeness (QED) is 0.787. The van der Waals surface area contributed by atoms with Crippen LogP contribution in [0.25, 0.3) is 0 Å². The van der Waals surface area contributed by atoms with Gasteiger partial charge in [0.25, 0.3) is 0 Å². The predicted molar refractivity (Wildman–Crippen MR) is 93.1 cm³/mol. The number of hydrogen-bond donors (Lipinski definition) is 0. The maximum Gasteiger partial charge on any atom is 0.249 e. The molecule has 2 aromatic rings. The van der Waals surface area contributed by atoms with Crippen LogP contribution in [0.2, 0.25) is 0 Å². The molecular weight excluding hydrogens is 298 g/mol. The molecule has 4 rings (SSSR count). The van der Waals surface area contributed by atoms with Crippen molar-refractivity contribution in [2.45, 2.75) is 18.3 Å². The molecular formula is C21H23NO2. The van der Waals surface area contributed by atoms with Crippen LogP contribution in [-0.4, -0.2) is 25.1 Å². The first-order valence-corrected chi connectivity index (χ1v) is 8.61. The second-order valence-electron chi connectivity index (χ2n) is 7.04. The molecule has 124 valence electrons. The second-order valence-corrected chi connectivity index (χ2v) is 7.04. The molecule has 0 bridgehead atoms. The minimum Gasteiger partial charge on any atom is -0.275 e. The Balaban J connectivity index is 1.62. The monoisotopic (exact) mass is 321 g/mol. The largest absolute Gasteiger partial charge is 0.275 e. The van der Waals surface area contributed by atoms with Crippen LogP contribution >= 0.6 is 0 Å². The molecule has 3 nitrogen and oxygen atoms in total. The molecule has 2 saturated carbocycles. The van der Waals surface area contributed by atoms with Gasteiger partial charge in [0, 0.05) is 18.4 Å². The van der Waals surface area contributed by atoms with Crippen molar-refractivity contribution in [2.24, 2.45) is 17.8 Å². The minimum atomic E-state index is 0.0772. The van der Waals surface area contributed by atoms with E-state index < -0.39 is 0 Å². The molecule has 0 aliphatic heterocycles. The molecule has 2 aliphatic rings. The van der Waals surface area contributed by atoms with Crippen LogP contribution in [0.3, 0.4) is 0 Å². The van der Waals surface area contributed by atoms with E-state index in [1.807, 2.05) is 0 Å². The van der Waals surface area contributed by atoms with Gasteiger partial charge in [-0.2, -0.15) is 0 Å². The van der Waals surface area contributed by atoms with Crippen molar-refractivity contribution in [2.75, 3.05) is 14.2 Å². The molecule has 3 unspecified atom stereocenters. The number of hydrogen-bond acceptors (Lipinski definition) is 2. The number of rotatable bonds is 5. The fraction of sp³-hybridized carbons (Fsp3) is 0.381. The standard InChI is InChI=1S/C21H23NO2/c1-22(24-2)20(23)18-13-17(18)19-14-21(19,15-9-5-3-6-10-15)16-11-7-4-8-12-16/h3-12,17-19H,13-14H2,1-2H3. The maximum absolute atomic E-state index is 12.4. The van der Waals surface area contributed by atoms with Crippen molar-refractivity contribution in [3.05, 3.63) is 71.8 Å². The van der Waals surface area contributed by atoms with Crippen LogP contribution in [-0.2, 0) is 15.0 Å². The molecule has 0 N–H and O–H groups in total. The molecule has 0 heterocycles. The van der Waals surface area contributed by atoms with Gasteiger partial charge in [-0.15, -0.1) is 0 Å². The highest BCUT2D eigenvalue weighted by Crippen LogP contribution is 2.68. The van der Waals surface area contributed by atoms with Gasteiger partial charge in [-0.3, -0.25) is 9.63 Å². The lowest BCUT2D eigenvalue weighted by Gasteiger charge is -2.19. The van der Waals surface area contributed by atoms with Crippen LogP contribution in [0.4, 0.5) is 0 Å². The number of benzene rings is 2. The summed E-state index contributed by atoms with van der Waals surface area (Å²) in [5.41, 5.74) is 2.83. The molecule has 2 aromatic carbocycles. The highest BCUT2D eigenvalue weighted by molar-refractivity contribution is 5.81. The second kappa shape index (κ2) is 5.75. The Labute approximate surface area is 143 Å². The van der Waals surface area contributed by atoms with E-state index in [2.05, 4.69) is 60.7 Å². The van der Waals surface area contributed by atoms with E-state index >= 15 is 0 Å². The Morgan fingerprint density at radius 2 is 1.58 bits per heavy atom. The van der Waals surface area contributed by atoms with Gasteiger partial charge in [-0.25, -0.2) is 5.06 Å². The fourth-order valence-corrected chi connectivity index (χ4v) is 4.37. The topological polar surface area (TPSA) is 29.5 Å². The average Bonchev–Trinajstić information content (AvgIpc) is 3.54. The van der Waals surface area contributed by atoms with E-state index in [0.717, 1.165) is 12.8 Å². The third kappa shape index (κ3) is 2.35. The molecule has 0 saturated heterocycles. The Bertz CT molecular complexity index is 689. The van der Waals surface area contributed by atoms with Gasteiger partial charge >= 0.3 is 0 Å². The van der Waals surface area contributed by atoms with Gasteiger partial charge in [0.2, 0.25) is 5.91 Å². The smallest absolute Gasteiger partial charge is 0.249 e. The molecule has 0 spiro atoms. The summed E-state index contributed by atoms with van der Waals surface area (Å²) in [5, 5.41) is 1.37. The number of carbonyl (C=O) groups is 1. The number of hydroxylamine groups is 2. The maximum atomic E-state index is 12.4. The SMILES string of the molecule is CON(C)C(=O)C1CC1C1CC1(c1ccccc1)c1ccccc1. The van der Waals surface area contributed by atoms with E-state index in [-0.39, 0.29) is 17.2 Å². The van der Waals surface area contributed by atoms with E-state index in [1.54, 1.807) is 14.2 Å². The Morgan fingerprint density at radius 3 is 2.08 bits per heavy atom. The zero-order valence-electron chi connectivity index (χ0n) is 14.2. The lowest BCUT2D eigenvalue weighted by molar-refractivity contribution is -0.170. The van der Waals surface area contributed by atoms with E-state index in [0.29, 0.717) is 11.8 Å². The van der Waals surface area contributed by atoms with Gasteiger partial charge in [-0.1, -0.05) is 60.7 Å². The van der Waals surface area contributed by atoms with Crippen molar-refractivity contribution in [1.29, 1.82) is 0 Å². The van der Waals surface area contributed by atoms with Crippen LogP contribution in [0.15, 0.2) is 60.7 Å². The third-order valence-corrected chi connectivity index (χ3v) is 5.85. The molecule has 2 aliphatic carbocycles. The first-order valence-electron chi connectivity index (χ1n) is 8.61. The van der Waals surface area contributed by atoms with Gasteiger partial charge in [0.1, 0.15) is 0 Å². The summed E-state index contributed by atoms with van der Waals surface area (Å²) >= 11 is 0. The Morgan fingerprint density at radius 1 is 1.04 bits per heavy atom. The normalized spacial score (nSPS) is 26.7. The van der Waals surface area contributed by atoms with Crippen molar-refractivity contribution < 1.29 is 9.63 Å². The highest BCUT2D eigenvalue weighted by atomic mass is 16.7. The minimum absolute atomic E-state index is 0.0772. The third-order valence-electron chi connectivity index (χ3n) is 5.85. The zero-order valence-corrected chi connectivity index (χ0v) is 14.2. The number of carbonyl (C=O) groups excluding carboxylic acids is 1. The van der Waals surface area contributed by atoms with Crippen molar-refractivity contribution in [1.82, 2.24) is 5.06 Å². The fourth-order valence-electron chi connectivity index (χ4n) is 4.37. The summed E-state index contributed by atoms with van der Waals surface area (Å²) in [5.74, 6) is 1.25. The number of nitrogens with zero attached hydrogens (tertiary/aromatic N) is 1. The van der Waals surface area contributed by atoms with Crippen LogP contribution in [0.1, 0.15) is 24.0 Å². The summed E-state index contributed by atoms with van der Waals surface area (Å²) in [7, 11) is 3.25. The lowest BCUT2D eigenvalue weighted by Crippen LogP contribution is -2.27. The lowest BCUT2D eigenvalue weighted by atomic mass is 9.84. The molecule has 3 heteroatoms. The first-order chi connectivity index (χ1) is 11.7. The Kier molecular flexibility index (Phi) is 3.69. The van der Waals surface area contributed by atoms with E-state index in [4.69, 9.17) is 4.84 Å². The summed E-state index contributed by atoms with van der Waals surface area (Å²) in [6.45, 7) is 0. The van der Waals surface area contributed by atoms with Crippen LogP contribution in [0, 0.1) is 17.8 Å².